The molecule has 7 nitrogen and oxygen atoms in total. The van der Waals surface area contributed by atoms with E-state index in [9.17, 15) is 9.59 Å². The maximum atomic E-state index is 11.5. The number of esters is 1. The molecule has 0 unspecified atom stereocenters. The molecule has 1 N–H and O–H groups in total. The van der Waals surface area contributed by atoms with Crippen LogP contribution in [0.1, 0.15) is 36.8 Å². The number of aryl methyl sites for hydroxylation is 1. The Morgan fingerprint density at radius 1 is 1.47 bits per heavy atom. The number of hydrogen-bond donors (Lipinski definition) is 1. The van der Waals surface area contributed by atoms with Gasteiger partial charge in [-0.3, -0.25) is 9.59 Å². The highest BCUT2D eigenvalue weighted by molar-refractivity contribution is 5.90. The Morgan fingerprint density at radius 2 is 2.18 bits per heavy atom. The Hall–Kier alpha value is -1.92. The lowest BCUT2D eigenvalue weighted by Crippen LogP contribution is -2.30. The maximum Gasteiger partial charge on any atom is 0.306 e. The number of methoxy groups -OCH3 is 1. The van der Waals surface area contributed by atoms with Gasteiger partial charge < -0.3 is 14.6 Å². The molecule has 94 valence electrons. The molecule has 0 fully saturated rings. The SMILES string of the molecule is COC(=O)CCc1nc(C(=O)NC(C)C)no1. The molecule has 17 heavy (non-hydrogen) atoms. The second-order valence-electron chi connectivity index (χ2n) is 3.72. The van der Waals surface area contributed by atoms with E-state index in [1.165, 1.54) is 7.11 Å². The van der Waals surface area contributed by atoms with Crippen LogP contribution in [-0.4, -0.2) is 35.2 Å². The second-order valence-corrected chi connectivity index (χ2v) is 3.72. The van der Waals surface area contributed by atoms with Gasteiger partial charge in [0, 0.05) is 12.5 Å². The third-order valence-corrected chi connectivity index (χ3v) is 1.86. The molecule has 0 aromatic carbocycles. The lowest BCUT2D eigenvalue weighted by molar-refractivity contribution is -0.140. The highest BCUT2D eigenvalue weighted by Gasteiger charge is 2.15. The van der Waals surface area contributed by atoms with Gasteiger partial charge in [0.05, 0.1) is 13.5 Å². The zero-order chi connectivity index (χ0) is 12.8. The maximum absolute atomic E-state index is 11.5. The minimum absolute atomic E-state index is 0.000445. The molecule has 0 aliphatic rings. The molecule has 0 saturated heterocycles. The zero-order valence-electron chi connectivity index (χ0n) is 10.0. The fraction of sp³-hybridized carbons (Fsp3) is 0.600. The number of ether oxygens (including phenoxy) is 1. The number of aromatic nitrogens is 2. The molecule has 1 rings (SSSR count). The monoisotopic (exact) mass is 241 g/mol. The van der Waals surface area contributed by atoms with Gasteiger partial charge >= 0.3 is 5.97 Å². The van der Waals surface area contributed by atoms with Crippen LogP contribution in [0.15, 0.2) is 4.52 Å². The third-order valence-electron chi connectivity index (χ3n) is 1.86. The number of nitrogens with zero attached hydrogens (tertiary/aromatic N) is 2. The summed E-state index contributed by atoms with van der Waals surface area (Å²) in [6.45, 7) is 3.66. The molecule has 0 radical (unpaired) electrons. The first-order chi connectivity index (χ1) is 8.02. The first-order valence-corrected chi connectivity index (χ1v) is 5.23. The van der Waals surface area contributed by atoms with Gasteiger partial charge in [-0.2, -0.15) is 4.98 Å². The van der Waals surface area contributed by atoms with Crippen molar-refractivity contribution in [3.8, 4) is 0 Å². The van der Waals surface area contributed by atoms with Gasteiger partial charge in [0.15, 0.2) is 0 Å². The molecule has 0 bridgehead atoms. The standard InChI is InChI=1S/C10H15N3O4/c1-6(2)11-10(15)9-12-7(17-13-9)4-5-8(14)16-3/h6H,4-5H2,1-3H3,(H,11,15). The Bertz CT molecular complexity index is 400. The van der Waals surface area contributed by atoms with Crippen molar-refractivity contribution in [3.05, 3.63) is 11.7 Å². The van der Waals surface area contributed by atoms with Crippen molar-refractivity contribution < 1.29 is 18.8 Å². The van der Waals surface area contributed by atoms with Crippen LogP contribution in [-0.2, 0) is 16.0 Å². The summed E-state index contributed by atoms with van der Waals surface area (Å²) in [5.41, 5.74) is 0. The molecule has 0 aliphatic heterocycles. The molecular weight excluding hydrogens is 226 g/mol. The van der Waals surface area contributed by atoms with Crippen LogP contribution >= 0.6 is 0 Å². The largest absolute Gasteiger partial charge is 0.469 e. The molecule has 0 atom stereocenters. The Labute approximate surface area is 98.5 Å². The summed E-state index contributed by atoms with van der Waals surface area (Å²) < 4.78 is 9.30. The topological polar surface area (TPSA) is 94.3 Å². The summed E-state index contributed by atoms with van der Waals surface area (Å²) in [5.74, 6) is -0.549. The lowest BCUT2D eigenvalue weighted by atomic mass is 10.3. The Balaban J connectivity index is 2.53. The number of rotatable bonds is 5. The molecule has 1 amide bonds. The van der Waals surface area contributed by atoms with Crippen LogP contribution < -0.4 is 5.32 Å². The first kappa shape index (κ1) is 13.1. The van der Waals surface area contributed by atoms with E-state index in [4.69, 9.17) is 4.52 Å². The number of nitrogens with one attached hydrogen (secondary N) is 1. The van der Waals surface area contributed by atoms with E-state index >= 15 is 0 Å². The number of hydrogen-bond acceptors (Lipinski definition) is 6. The number of carbonyl (C=O) groups excluding carboxylic acids is 2. The van der Waals surface area contributed by atoms with Crippen LogP contribution in [0, 0.1) is 0 Å². The van der Waals surface area contributed by atoms with Gasteiger partial charge in [-0.1, -0.05) is 5.16 Å². The average molecular weight is 241 g/mol. The minimum Gasteiger partial charge on any atom is -0.469 e. The van der Waals surface area contributed by atoms with Crippen LogP contribution in [0.3, 0.4) is 0 Å². The summed E-state index contributed by atoms with van der Waals surface area (Å²) in [6.07, 6.45) is 0.401. The van der Waals surface area contributed by atoms with Crippen molar-refractivity contribution in [2.75, 3.05) is 7.11 Å². The molecule has 0 spiro atoms. The third kappa shape index (κ3) is 4.21. The van der Waals surface area contributed by atoms with Gasteiger partial charge in [-0.05, 0) is 13.8 Å². The van der Waals surface area contributed by atoms with E-state index in [1.807, 2.05) is 13.8 Å². The molecule has 1 aromatic rings. The van der Waals surface area contributed by atoms with E-state index in [1.54, 1.807) is 0 Å². The van der Waals surface area contributed by atoms with Gasteiger partial charge in [-0.15, -0.1) is 0 Å². The molecule has 7 heteroatoms. The van der Waals surface area contributed by atoms with Crippen molar-refractivity contribution >= 4 is 11.9 Å². The zero-order valence-corrected chi connectivity index (χ0v) is 10.0. The lowest BCUT2D eigenvalue weighted by Gasteiger charge is -2.03. The van der Waals surface area contributed by atoms with Gasteiger partial charge in [0.1, 0.15) is 0 Å². The Kier molecular flexibility index (Phi) is 4.62. The average Bonchev–Trinajstić information content (AvgIpc) is 2.73. The summed E-state index contributed by atoms with van der Waals surface area (Å²) in [4.78, 5) is 26.2. The van der Waals surface area contributed by atoms with Crippen LogP contribution in [0.25, 0.3) is 0 Å². The molecule has 1 aromatic heterocycles. The van der Waals surface area contributed by atoms with Crippen molar-refractivity contribution in [2.24, 2.45) is 0 Å². The van der Waals surface area contributed by atoms with E-state index in [2.05, 4.69) is 20.2 Å². The molecule has 0 aliphatic carbocycles. The molecule has 1 heterocycles. The van der Waals surface area contributed by atoms with Gasteiger partial charge in [0.2, 0.25) is 5.89 Å². The minimum atomic E-state index is -0.395. The first-order valence-electron chi connectivity index (χ1n) is 5.23. The van der Waals surface area contributed by atoms with Gasteiger partial charge in [0.25, 0.3) is 11.7 Å². The van der Waals surface area contributed by atoms with E-state index < -0.39 is 5.91 Å². The predicted molar refractivity (Wildman–Crippen MR) is 57.2 cm³/mol. The highest BCUT2D eigenvalue weighted by atomic mass is 16.5. The fourth-order valence-corrected chi connectivity index (χ4v) is 1.09. The Morgan fingerprint density at radius 3 is 2.76 bits per heavy atom. The highest BCUT2D eigenvalue weighted by Crippen LogP contribution is 2.02. The number of amides is 1. The summed E-state index contributed by atoms with van der Waals surface area (Å²) >= 11 is 0. The summed E-state index contributed by atoms with van der Waals surface area (Å²) in [7, 11) is 1.30. The van der Waals surface area contributed by atoms with E-state index in [0.717, 1.165) is 0 Å². The van der Waals surface area contributed by atoms with E-state index in [0.29, 0.717) is 0 Å². The predicted octanol–water partition coefficient (Wildman–Crippen LogP) is 0.313. The van der Waals surface area contributed by atoms with Crippen LogP contribution in [0.2, 0.25) is 0 Å². The number of carbonyl (C=O) groups is 2. The van der Waals surface area contributed by atoms with Crippen LogP contribution in [0.5, 0.6) is 0 Å². The fourth-order valence-electron chi connectivity index (χ4n) is 1.09. The van der Waals surface area contributed by atoms with Crippen molar-refractivity contribution in [1.82, 2.24) is 15.5 Å². The smallest absolute Gasteiger partial charge is 0.306 e. The second kappa shape index (κ2) is 5.97. The van der Waals surface area contributed by atoms with Gasteiger partial charge in [-0.25, -0.2) is 0 Å². The van der Waals surface area contributed by atoms with Crippen molar-refractivity contribution in [3.63, 3.8) is 0 Å². The van der Waals surface area contributed by atoms with E-state index in [-0.39, 0.29) is 36.6 Å². The van der Waals surface area contributed by atoms with Crippen molar-refractivity contribution in [1.29, 1.82) is 0 Å². The quantitative estimate of drug-likeness (QED) is 0.746. The molecule has 0 saturated carbocycles. The summed E-state index contributed by atoms with van der Waals surface area (Å²) in [6, 6.07) is -0.000445. The summed E-state index contributed by atoms with van der Waals surface area (Å²) in [5, 5.41) is 6.16. The van der Waals surface area contributed by atoms with Crippen molar-refractivity contribution in [2.45, 2.75) is 32.7 Å². The van der Waals surface area contributed by atoms with Crippen LogP contribution in [0.4, 0.5) is 0 Å². The normalized spacial score (nSPS) is 10.4. The molecular formula is C10H15N3O4.